The normalized spacial score (nSPS) is 10.4. The Morgan fingerprint density at radius 3 is 2.35 bits per heavy atom. The van der Waals surface area contributed by atoms with Crippen LogP contribution in [0, 0.1) is 0 Å². The van der Waals surface area contributed by atoms with Crippen molar-refractivity contribution in [2.75, 3.05) is 0 Å². The second kappa shape index (κ2) is 6.68. The molecule has 0 aliphatic carbocycles. The molecule has 100 valence electrons. The van der Waals surface area contributed by atoms with E-state index in [-0.39, 0.29) is 5.75 Å². The number of aldehydes is 1. The molecule has 2 aromatic rings. The first-order valence-corrected chi connectivity index (χ1v) is 6.27. The highest BCUT2D eigenvalue weighted by Gasteiger charge is 2.05. The van der Waals surface area contributed by atoms with Gasteiger partial charge in [0.2, 0.25) is 0 Å². The number of halogens is 1. The summed E-state index contributed by atoms with van der Waals surface area (Å²) in [5.41, 5.74) is 1.04. The minimum atomic E-state index is -0.570. The monoisotopic (exact) mass is 286 g/mol. The lowest BCUT2D eigenvalue weighted by Gasteiger charge is -2.03. The van der Waals surface area contributed by atoms with Crippen molar-refractivity contribution >= 4 is 29.9 Å². The molecule has 0 unspecified atom stereocenters. The Morgan fingerprint density at radius 1 is 1.00 bits per heavy atom. The summed E-state index contributed by atoms with van der Waals surface area (Å²) >= 11 is 5.97. The smallest absolute Gasteiger partial charge is 0.336 e. The van der Waals surface area contributed by atoms with Crippen molar-refractivity contribution in [3.05, 3.63) is 70.8 Å². The average Bonchev–Trinajstić information content (AvgIpc) is 2.47. The molecule has 0 fully saturated rings. The summed E-state index contributed by atoms with van der Waals surface area (Å²) in [5.74, 6) is -0.337. The fraction of sp³-hybridized carbons (Fsp3) is 0. The number of esters is 1. The molecule has 0 bridgehead atoms. The third kappa shape index (κ3) is 3.56. The van der Waals surface area contributed by atoms with Crippen LogP contribution in [0.5, 0.6) is 5.75 Å². The molecule has 0 saturated heterocycles. The molecule has 2 rings (SSSR count). The quantitative estimate of drug-likeness (QED) is 0.372. The zero-order chi connectivity index (χ0) is 14.4. The van der Waals surface area contributed by atoms with Crippen molar-refractivity contribution in [2.24, 2.45) is 0 Å². The molecule has 0 heterocycles. The fourth-order valence-corrected chi connectivity index (χ4v) is 1.78. The van der Waals surface area contributed by atoms with E-state index in [1.807, 2.05) is 6.07 Å². The Kier molecular flexibility index (Phi) is 4.69. The first-order valence-electron chi connectivity index (χ1n) is 5.89. The standard InChI is InChI=1S/C16H11ClO3/c17-14-7-3-1-5-12(14)9-10-16(19)20-15-8-4-2-6-13(15)11-18/h1-11H. The van der Waals surface area contributed by atoms with Crippen molar-refractivity contribution in [1.82, 2.24) is 0 Å². The van der Waals surface area contributed by atoms with Crippen LogP contribution in [-0.4, -0.2) is 12.3 Å². The van der Waals surface area contributed by atoms with Crippen LogP contribution < -0.4 is 4.74 Å². The van der Waals surface area contributed by atoms with E-state index in [1.165, 1.54) is 6.08 Å². The maximum absolute atomic E-state index is 11.7. The van der Waals surface area contributed by atoms with Crippen LogP contribution in [0.15, 0.2) is 54.6 Å². The van der Waals surface area contributed by atoms with Crippen molar-refractivity contribution in [3.63, 3.8) is 0 Å². The van der Waals surface area contributed by atoms with Gasteiger partial charge < -0.3 is 4.74 Å². The molecule has 4 heteroatoms. The molecule has 0 aliphatic rings. The van der Waals surface area contributed by atoms with Gasteiger partial charge in [0.15, 0.2) is 6.29 Å². The minimum Gasteiger partial charge on any atom is -0.423 e. The van der Waals surface area contributed by atoms with Gasteiger partial charge in [-0.05, 0) is 29.8 Å². The maximum Gasteiger partial charge on any atom is 0.336 e. The van der Waals surface area contributed by atoms with E-state index in [9.17, 15) is 9.59 Å². The maximum atomic E-state index is 11.7. The second-order valence-electron chi connectivity index (χ2n) is 3.93. The zero-order valence-electron chi connectivity index (χ0n) is 10.5. The number of para-hydroxylation sites is 1. The van der Waals surface area contributed by atoms with E-state index in [2.05, 4.69) is 0 Å². The molecule has 0 spiro atoms. The van der Waals surface area contributed by atoms with Crippen LogP contribution in [0.4, 0.5) is 0 Å². The summed E-state index contributed by atoms with van der Waals surface area (Å²) in [6, 6.07) is 13.7. The van der Waals surface area contributed by atoms with E-state index in [1.54, 1.807) is 48.5 Å². The molecular weight excluding hydrogens is 276 g/mol. The van der Waals surface area contributed by atoms with Crippen molar-refractivity contribution in [2.45, 2.75) is 0 Å². The summed E-state index contributed by atoms with van der Waals surface area (Å²) < 4.78 is 5.10. The highest BCUT2D eigenvalue weighted by Crippen LogP contribution is 2.18. The van der Waals surface area contributed by atoms with Crippen molar-refractivity contribution in [1.29, 1.82) is 0 Å². The number of ether oxygens (including phenoxy) is 1. The third-order valence-corrected chi connectivity index (χ3v) is 2.90. The van der Waals surface area contributed by atoms with Gasteiger partial charge in [0.1, 0.15) is 5.75 Å². The van der Waals surface area contributed by atoms with E-state index < -0.39 is 5.97 Å². The molecule has 0 aromatic heterocycles. The predicted octanol–water partition coefficient (Wildman–Crippen LogP) is 3.77. The summed E-state index contributed by atoms with van der Waals surface area (Å²) in [7, 11) is 0. The largest absolute Gasteiger partial charge is 0.423 e. The summed E-state index contributed by atoms with van der Waals surface area (Å²) in [6.45, 7) is 0. The number of hydrogen-bond donors (Lipinski definition) is 0. The van der Waals surface area contributed by atoms with Gasteiger partial charge in [0, 0.05) is 11.1 Å². The van der Waals surface area contributed by atoms with E-state index >= 15 is 0 Å². The molecule has 0 N–H and O–H groups in total. The first-order chi connectivity index (χ1) is 9.70. The predicted molar refractivity (Wildman–Crippen MR) is 78.0 cm³/mol. The van der Waals surface area contributed by atoms with Crippen LogP contribution >= 0.6 is 11.6 Å². The highest BCUT2D eigenvalue weighted by molar-refractivity contribution is 6.32. The molecule has 0 radical (unpaired) electrons. The van der Waals surface area contributed by atoms with Gasteiger partial charge >= 0.3 is 5.97 Å². The Hall–Kier alpha value is -2.39. The molecule has 0 saturated carbocycles. The van der Waals surface area contributed by atoms with Gasteiger partial charge in [0.05, 0.1) is 5.56 Å². The van der Waals surface area contributed by atoms with Crippen LogP contribution in [0.3, 0.4) is 0 Å². The van der Waals surface area contributed by atoms with Gasteiger partial charge in [-0.1, -0.05) is 41.9 Å². The number of hydrogen-bond acceptors (Lipinski definition) is 3. The van der Waals surface area contributed by atoms with Gasteiger partial charge in [-0.2, -0.15) is 0 Å². The Morgan fingerprint density at radius 2 is 1.65 bits per heavy atom. The lowest BCUT2D eigenvalue weighted by atomic mass is 10.2. The highest BCUT2D eigenvalue weighted by atomic mass is 35.5. The molecule has 0 amide bonds. The molecule has 2 aromatic carbocycles. The van der Waals surface area contributed by atoms with Gasteiger partial charge in [-0.15, -0.1) is 0 Å². The summed E-state index contributed by atoms with van der Waals surface area (Å²) in [6.07, 6.45) is 3.47. The van der Waals surface area contributed by atoms with Crippen molar-refractivity contribution < 1.29 is 14.3 Å². The number of rotatable bonds is 4. The lowest BCUT2D eigenvalue weighted by molar-refractivity contribution is -0.128. The van der Waals surface area contributed by atoms with E-state index in [4.69, 9.17) is 16.3 Å². The SMILES string of the molecule is O=Cc1ccccc1OC(=O)C=Cc1ccccc1Cl. The molecule has 20 heavy (non-hydrogen) atoms. The topological polar surface area (TPSA) is 43.4 Å². The Balaban J connectivity index is 2.10. The molecule has 0 atom stereocenters. The third-order valence-electron chi connectivity index (χ3n) is 2.56. The zero-order valence-corrected chi connectivity index (χ0v) is 11.2. The van der Waals surface area contributed by atoms with Crippen LogP contribution in [-0.2, 0) is 4.79 Å². The average molecular weight is 287 g/mol. The molecular formula is C16H11ClO3. The summed E-state index contributed by atoms with van der Waals surface area (Å²) in [4.78, 5) is 22.5. The van der Waals surface area contributed by atoms with Gasteiger partial charge in [-0.3, -0.25) is 4.79 Å². The van der Waals surface area contributed by atoms with Gasteiger partial charge in [-0.25, -0.2) is 4.79 Å². The van der Waals surface area contributed by atoms with E-state index in [0.717, 1.165) is 5.56 Å². The van der Waals surface area contributed by atoms with Crippen LogP contribution in [0.2, 0.25) is 5.02 Å². The fourth-order valence-electron chi connectivity index (χ4n) is 1.58. The van der Waals surface area contributed by atoms with E-state index in [0.29, 0.717) is 16.9 Å². The lowest BCUT2D eigenvalue weighted by Crippen LogP contribution is -2.05. The Labute approximate surface area is 121 Å². The number of benzene rings is 2. The Bertz CT molecular complexity index is 662. The second-order valence-corrected chi connectivity index (χ2v) is 4.34. The van der Waals surface area contributed by atoms with Crippen LogP contribution in [0.25, 0.3) is 6.08 Å². The molecule has 3 nitrogen and oxygen atoms in total. The first kappa shape index (κ1) is 14.0. The molecule has 0 aliphatic heterocycles. The number of carbonyl (C=O) groups is 2. The van der Waals surface area contributed by atoms with Gasteiger partial charge in [0.25, 0.3) is 0 Å². The minimum absolute atomic E-state index is 0.233. The van der Waals surface area contributed by atoms with Crippen molar-refractivity contribution in [3.8, 4) is 5.75 Å². The van der Waals surface area contributed by atoms with Crippen LogP contribution in [0.1, 0.15) is 15.9 Å². The summed E-state index contributed by atoms with van der Waals surface area (Å²) in [5, 5.41) is 0.546. The number of carbonyl (C=O) groups excluding carboxylic acids is 2.